The van der Waals surface area contributed by atoms with E-state index in [0.717, 1.165) is 0 Å². The van der Waals surface area contributed by atoms with Gasteiger partial charge in [0.15, 0.2) is 0 Å². The summed E-state index contributed by atoms with van der Waals surface area (Å²) in [6.45, 7) is 1.67. The Bertz CT molecular complexity index is 881. The molecule has 1 saturated heterocycles. The number of carbonyl (C=O) groups is 2. The molecule has 1 heterocycles. The highest BCUT2D eigenvalue weighted by Crippen LogP contribution is 2.33. The summed E-state index contributed by atoms with van der Waals surface area (Å²) in [5, 5.41) is 23.8. The van der Waals surface area contributed by atoms with Crippen molar-refractivity contribution in [2.45, 2.75) is 37.5 Å². The van der Waals surface area contributed by atoms with Gasteiger partial charge in [-0.3, -0.25) is 9.59 Å². The lowest BCUT2D eigenvalue weighted by atomic mass is 9.83. The molecule has 1 aliphatic heterocycles. The smallest absolute Gasteiger partial charge is 0.408 e. The molecule has 2 unspecified atom stereocenters. The first-order chi connectivity index (χ1) is 14.0. The summed E-state index contributed by atoms with van der Waals surface area (Å²) < 4.78 is 38.6. The van der Waals surface area contributed by atoms with E-state index in [1.807, 2.05) is 5.32 Å². The van der Waals surface area contributed by atoms with Gasteiger partial charge in [0.2, 0.25) is 11.8 Å². The largest absolute Gasteiger partial charge is 0.508 e. The van der Waals surface area contributed by atoms with Crippen LogP contribution in [0.3, 0.4) is 0 Å². The van der Waals surface area contributed by atoms with Crippen LogP contribution in [0.1, 0.15) is 30.9 Å². The van der Waals surface area contributed by atoms with Crippen molar-refractivity contribution in [3.63, 3.8) is 0 Å². The van der Waals surface area contributed by atoms with Crippen molar-refractivity contribution in [2.75, 3.05) is 0 Å². The SMILES string of the molecule is CC(NC(=O)C1CCC(C(F)(F)F)NC1=O)(c1ccc(O)cc1)c1ccc(O)cc1. The van der Waals surface area contributed by atoms with E-state index < -0.39 is 35.5 Å². The van der Waals surface area contributed by atoms with E-state index in [2.05, 4.69) is 5.32 Å². The van der Waals surface area contributed by atoms with Gasteiger partial charge in [0.25, 0.3) is 0 Å². The van der Waals surface area contributed by atoms with Crippen LogP contribution in [0, 0.1) is 5.92 Å². The molecule has 0 aliphatic carbocycles. The van der Waals surface area contributed by atoms with Crippen LogP contribution in [-0.4, -0.2) is 34.2 Å². The molecule has 0 saturated carbocycles. The molecule has 6 nitrogen and oxygen atoms in total. The molecule has 9 heteroatoms. The number of alkyl halides is 3. The van der Waals surface area contributed by atoms with Crippen molar-refractivity contribution in [2.24, 2.45) is 5.92 Å². The number of hydrogen-bond donors (Lipinski definition) is 4. The second-order valence-electron chi connectivity index (χ2n) is 7.44. The fourth-order valence-electron chi connectivity index (χ4n) is 3.54. The highest BCUT2D eigenvalue weighted by molar-refractivity contribution is 6.01. The highest BCUT2D eigenvalue weighted by Gasteiger charge is 2.46. The van der Waals surface area contributed by atoms with Gasteiger partial charge < -0.3 is 20.8 Å². The lowest BCUT2D eigenvalue weighted by Gasteiger charge is -2.35. The van der Waals surface area contributed by atoms with Gasteiger partial charge in [0, 0.05) is 0 Å². The van der Waals surface area contributed by atoms with Crippen LogP contribution in [0.4, 0.5) is 13.2 Å². The number of piperidine rings is 1. The Morgan fingerprint density at radius 3 is 1.83 bits per heavy atom. The maximum Gasteiger partial charge on any atom is 0.408 e. The first-order valence-electron chi connectivity index (χ1n) is 9.29. The number of phenols is 2. The summed E-state index contributed by atoms with van der Waals surface area (Å²) in [6, 6.07) is 10.1. The van der Waals surface area contributed by atoms with Crippen molar-refractivity contribution >= 4 is 11.8 Å². The second-order valence-corrected chi connectivity index (χ2v) is 7.44. The normalized spacial score (nSPS) is 19.8. The molecule has 2 atom stereocenters. The molecule has 1 fully saturated rings. The minimum Gasteiger partial charge on any atom is -0.508 e. The topological polar surface area (TPSA) is 98.7 Å². The molecule has 2 aromatic carbocycles. The molecule has 30 heavy (non-hydrogen) atoms. The van der Waals surface area contributed by atoms with Crippen molar-refractivity contribution < 1.29 is 33.0 Å². The maximum atomic E-state index is 12.9. The molecule has 0 aromatic heterocycles. The van der Waals surface area contributed by atoms with E-state index in [9.17, 15) is 33.0 Å². The summed E-state index contributed by atoms with van der Waals surface area (Å²) in [7, 11) is 0. The predicted octanol–water partition coefficient (Wildman–Crippen LogP) is 2.93. The second kappa shape index (κ2) is 7.89. The number of carbonyl (C=O) groups excluding carboxylic acids is 2. The molecule has 0 radical (unpaired) electrons. The number of halogens is 3. The van der Waals surface area contributed by atoms with Crippen molar-refractivity contribution in [1.82, 2.24) is 10.6 Å². The molecule has 4 N–H and O–H groups in total. The molecule has 2 aromatic rings. The molecule has 1 aliphatic rings. The lowest BCUT2D eigenvalue weighted by Crippen LogP contribution is -2.56. The molecule has 2 amide bonds. The number of aromatic hydroxyl groups is 2. The number of rotatable bonds is 4. The Morgan fingerprint density at radius 2 is 1.43 bits per heavy atom. The van der Waals surface area contributed by atoms with Gasteiger partial charge in [-0.2, -0.15) is 13.2 Å². The van der Waals surface area contributed by atoms with Gasteiger partial charge in [-0.1, -0.05) is 24.3 Å². The summed E-state index contributed by atoms with van der Waals surface area (Å²) in [6.07, 6.45) is -5.19. The molecule has 0 spiro atoms. The third kappa shape index (κ3) is 4.34. The van der Waals surface area contributed by atoms with Crippen LogP contribution in [0.25, 0.3) is 0 Å². The predicted molar refractivity (Wildman–Crippen MR) is 102 cm³/mol. The lowest BCUT2D eigenvalue weighted by molar-refractivity contribution is -0.171. The van der Waals surface area contributed by atoms with Crippen LogP contribution in [0.2, 0.25) is 0 Å². The van der Waals surface area contributed by atoms with Gasteiger partial charge >= 0.3 is 6.18 Å². The summed E-state index contributed by atoms with van der Waals surface area (Å²) in [4.78, 5) is 25.1. The van der Waals surface area contributed by atoms with E-state index in [0.29, 0.717) is 11.1 Å². The minimum atomic E-state index is -4.57. The number of phenolic OH excluding ortho intramolecular Hbond substituents is 2. The Hall–Kier alpha value is -3.23. The standard InChI is InChI=1S/C21H21F3N2O4/c1-20(12-2-6-14(27)7-3-12,13-4-8-15(28)9-5-13)26-19(30)16-10-11-17(21(22,23)24)25-18(16)29/h2-9,16-17,27-28H,10-11H2,1H3,(H,25,29)(H,26,30). The summed E-state index contributed by atoms with van der Waals surface area (Å²) in [5.41, 5.74) is -0.0212. The van der Waals surface area contributed by atoms with Crippen LogP contribution >= 0.6 is 0 Å². The first kappa shape index (κ1) is 21.5. The Labute approximate surface area is 170 Å². The van der Waals surface area contributed by atoms with Gasteiger partial charge in [0.05, 0.1) is 5.54 Å². The number of amides is 2. The van der Waals surface area contributed by atoms with E-state index in [1.165, 1.54) is 24.3 Å². The van der Waals surface area contributed by atoms with E-state index in [-0.39, 0.29) is 24.3 Å². The Morgan fingerprint density at radius 1 is 0.967 bits per heavy atom. The minimum absolute atomic E-state index is 0.0167. The summed E-state index contributed by atoms with van der Waals surface area (Å²) >= 11 is 0. The fraction of sp³-hybridized carbons (Fsp3) is 0.333. The third-order valence-corrected chi connectivity index (χ3v) is 5.35. The molecule has 3 rings (SSSR count). The van der Waals surface area contributed by atoms with Gasteiger partial charge in [0.1, 0.15) is 23.5 Å². The quantitative estimate of drug-likeness (QED) is 0.570. The van der Waals surface area contributed by atoms with E-state index in [4.69, 9.17) is 0 Å². The first-order valence-corrected chi connectivity index (χ1v) is 9.29. The van der Waals surface area contributed by atoms with Crippen LogP contribution < -0.4 is 10.6 Å². The highest BCUT2D eigenvalue weighted by atomic mass is 19.4. The maximum absolute atomic E-state index is 12.9. The van der Waals surface area contributed by atoms with Crippen LogP contribution in [-0.2, 0) is 15.1 Å². The van der Waals surface area contributed by atoms with Crippen LogP contribution in [0.15, 0.2) is 48.5 Å². The number of hydrogen-bond acceptors (Lipinski definition) is 4. The average molecular weight is 422 g/mol. The molecular weight excluding hydrogens is 401 g/mol. The van der Waals surface area contributed by atoms with E-state index in [1.54, 1.807) is 31.2 Å². The number of nitrogens with one attached hydrogen (secondary N) is 2. The average Bonchev–Trinajstić information content (AvgIpc) is 2.68. The summed E-state index contributed by atoms with van der Waals surface area (Å²) in [5.74, 6) is -2.92. The fourth-order valence-corrected chi connectivity index (χ4v) is 3.54. The Kier molecular flexibility index (Phi) is 5.65. The Balaban J connectivity index is 1.88. The zero-order valence-corrected chi connectivity index (χ0v) is 16.0. The van der Waals surface area contributed by atoms with Crippen molar-refractivity contribution in [3.05, 3.63) is 59.7 Å². The van der Waals surface area contributed by atoms with E-state index >= 15 is 0 Å². The van der Waals surface area contributed by atoms with Gasteiger partial charge in [-0.05, 0) is 55.2 Å². The monoisotopic (exact) mass is 422 g/mol. The zero-order chi connectivity index (χ0) is 22.1. The van der Waals surface area contributed by atoms with Crippen molar-refractivity contribution in [1.29, 1.82) is 0 Å². The third-order valence-electron chi connectivity index (χ3n) is 5.35. The molecular formula is C21H21F3N2O4. The van der Waals surface area contributed by atoms with Crippen molar-refractivity contribution in [3.8, 4) is 11.5 Å². The zero-order valence-electron chi connectivity index (χ0n) is 16.0. The molecule has 0 bridgehead atoms. The van der Waals surface area contributed by atoms with Gasteiger partial charge in [-0.25, -0.2) is 0 Å². The van der Waals surface area contributed by atoms with Crippen LogP contribution in [0.5, 0.6) is 11.5 Å². The van der Waals surface area contributed by atoms with Gasteiger partial charge in [-0.15, -0.1) is 0 Å². The molecule has 160 valence electrons. The number of benzene rings is 2.